The molecule has 0 spiro atoms. The fourth-order valence-electron chi connectivity index (χ4n) is 4.33. The molecule has 0 saturated heterocycles. The van der Waals surface area contributed by atoms with E-state index in [1.54, 1.807) is 19.2 Å². The number of nitrogens with zero attached hydrogens (tertiary/aromatic N) is 4. The molecule has 37 heavy (non-hydrogen) atoms. The summed E-state index contributed by atoms with van der Waals surface area (Å²) in [6, 6.07) is 13.6. The fraction of sp³-hybridized carbons (Fsp3) is 0.444. The quantitative estimate of drug-likeness (QED) is 0.182. The van der Waals surface area contributed by atoms with E-state index in [2.05, 4.69) is 43.2 Å². The number of non-ortho nitro benzene ring substituents is 1. The van der Waals surface area contributed by atoms with Crippen molar-refractivity contribution >= 4 is 23.4 Å². The van der Waals surface area contributed by atoms with Gasteiger partial charge in [-0.15, -0.1) is 10.2 Å². The van der Waals surface area contributed by atoms with E-state index in [4.69, 9.17) is 4.74 Å². The second kappa shape index (κ2) is 12.2. The first-order valence-corrected chi connectivity index (χ1v) is 13.2. The summed E-state index contributed by atoms with van der Waals surface area (Å²) >= 11 is 1.49. The summed E-state index contributed by atoms with van der Waals surface area (Å²) < 4.78 is 7.16. The van der Waals surface area contributed by atoms with Crippen LogP contribution in [0.25, 0.3) is 5.69 Å². The maximum Gasteiger partial charge on any atom is 0.269 e. The van der Waals surface area contributed by atoms with Gasteiger partial charge in [-0.1, -0.05) is 51.6 Å². The van der Waals surface area contributed by atoms with Crippen molar-refractivity contribution in [2.24, 2.45) is 11.3 Å². The first kappa shape index (κ1) is 28.2. The fourth-order valence-corrected chi connectivity index (χ4v) is 5.23. The van der Waals surface area contributed by atoms with Gasteiger partial charge in [-0.05, 0) is 54.5 Å². The normalized spacial score (nSPS) is 13.1. The molecule has 0 aliphatic rings. The van der Waals surface area contributed by atoms with Gasteiger partial charge in [0.05, 0.1) is 18.1 Å². The smallest absolute Gasteiger partial charge is 0.269 e. The summed E-state index contributed by atoms with van der Waals surface area (Å²) in [7, 11) is 1.63. The number of hydrogen-bond donors (Lipinski definition) is 1. The Balaban J connectivity index is 1.85. The minimum atomic E-state index is -0.434. The Morgan fingerprint density at radius 2 is 1.86 bits per heavy atom. The summed E-state index contributed by atoms with van der Waals surface area (Å²) in [4.78, 5) is 23.5. The van der Waals surface area contributed by atoms with Crippen LogP contribution in [0.1, 0.15) is 64.9 Å². The zero-order chi connectivity index (χ0) is 27.2. The van der Waals surface area contributed by atoms with Gasteiger partial charge in [0.15, 0.2) is 11.0 Å². The number of carbonyl (C=O) groups excluding carboxylic acids is 1. The molecule has 2 unspecified atom stereocenters. The van der Waals surface area contributed by atoms with Gasteiger partial charge in [0.25, 0.3) is 5.69 Å². The lowest BCUT2D eigenvalue weighted by molar-refractivity contribution is -0.384. The van der Waals surface area contributed by atoms with Crippen molar-refractivity contribution in [1.29, 1.82) is 0 Å². The minimum absolute atomic E-state index is 0.00172. The van der Waals surface area contributed by atoms with Crippen molar-refractivity contribution in [2.75, 3.05) is 7.11 Å². The highest BCUT2D eigenvalue weighted by Gasteiger charge is 2.23. The van der Waals surface area contributed by atoms with Gasteiger partial charge in [0, 0.05) is 30.0 Å². The molecule has 0 aliphatic carbocycles. The number of nitro groups is 1. The topological polar surface area (TPSA) is 112 Å². The maximum atomic E-state index is 12.8. The van der Waals surface area contributed by atoms with E-state index < -0.39 is 11.0 Å². The van der Waals surface area contributed by atoms with Gasteiger partial charge >= 0.3 is 0 Å². The van der Waals surface area contributed by atoms with E-state index in [1.807, 2.05) is 35.8 Å². The molecular weight excluding hydrogens is 490 g/mol. The van der Waals surface area contributed by atoms with Crippen molar-refractivity contribution < 1.29 is 14.5 Å². The molecule has 2 aromatic carbocycles. The van der Waals surface area contributed by atoms with Gasteiger partial charge in [0.2, 0.25) is 5.91 Å². The van der Waals surface area contributed by atoms with Crippen LogP contribution in [0.4, 0.5) is 5.69 Å². The summed E-state index contributed by atoms with van der Waals surface area (Å²) in [5.41, 5.74) is 1.88. The van der Waals surface area contributed by atoms with E-state index in [9.17, 15) is 14.9 Å². The Kier molecular flexibility index (Phi) is 9.31. The van der Waals surface area contributed by atoms with Crippen LogP contribution in [0.5, 0.6) is 5.75 Å². The summed E-state index contributed by atoms with van der Waals surface area (Å²) in [5, 5.41) is 23.7. The lowest BCUT2D eigenvalue weighted by Crippen LogP contribution is -2.30. The van der Waals surface area contributed by atoms with Crippen LogP contribution in [0.2, 0.25) is 0 Å². The van der Waals surface area contributed by atoms with Gasteiger partial charge in [-0.2, -0.15) is 0 Å². The number of hydrogen-bond acceptors (Lipinski definition) is 7. The molecule has 0 fully saturated rings. The summed E-state index contributed by atoms with van der Waals surface area (Å²) in [5.74, 6) is 2.14. The highest BCUT2D eigenvalue weighted by Crippen LogP contribution is 2.30. The number of methoxy groups -OCH3 is 1. The second-order valence-electron chi connectivity index (χ2n) is 10.5. The molecule has 1 amide bonds. The predicted octanol–water partition coefficient (Wildman–Crippen LogP) is 6.12. The van der Waals surface area contributed by atoms with Crippen LogP contribution < -0.4 is 10.1 Å². The molecule has 3 rings (SSSR count). The lowest BCUT2D eigenvalue weighted by atomic mass is 9.84. The lowest BCUT2D eigenvalue weighted by Gasteiger charge is -2.23. The molecule has 2 atom stereocenters. The summed E-state index contributed by atoms with van der Waals surface area (Å²) in [6.45, 7) is 10.5. The van der Waals surface area contributed by atoms with Crippen LogP contribution in [0.3, 0.4) is 0 Å². The van der Waals surface area contributed by atoms with Crippen LogP contribution in [0.15, 0.2) is 53.7 Å². The van der Waals surface area contributed by atoms with Crippen molar-refractivity contribution in [1.82, 2.24) is 20.1 Å². The Labute approximate surface area is 222 Å². The number of benzene rings is 2. The average Bonchev–Trinajstić information content (AvgIpc) is 3.25. The van der Waals surface area contributed by atoms with Crippen LogP contribution in [-0.2, 0) is 10.5 Å². The van der Waals surface area contributed by atoms with Gasteiger partial charge in [0.1, 0.15) is 5.75 Å². The van der Waals surface area contributed by atoms with Crippen molar-refractivity contribution in [3.63, 3.8) is 0 Å². The molecular formula is C27H35N5O4S. The van der Waals surface area contributed by atoms with Crippen molar-refractivity contribution in [3.8, 4) is 11.4 Å². The molecule has 1 N–H and O–H groups in total. The average molecular weight is 526 g/mol. The number of aromatic nitrogens is 3. The molecule has 0 bridgehead atoms. The third-order valence-electron chi connectivity index (χ3n) is 5.74. The second-order valence-corrected chi connectivity index (χ2v) is 11.4. The molecule has 9 nitrogen and oxygen atoms in total. The number of amides is 1. The molecule has 10 heteroatoms. The molecule has 0 aliphatic heterocycles. The molecule has 3 aromatic rings. The summed E-state index contributed by atoms with van der Waals surface area (Å²) in [6.07, 6.45) is 1.36. The maximum absolute atomic E-state index is 12.8. The Bertz CT molecular complexity index is 1220. The number of carbonyl (C=O) groups is 1. The molecule has 198 valence electrons. The highest BCUT2D eigenvalue weighted by atomic mass is 32.2. The third kappa shape index (κ3) is 8.04. The highest BCUT2D eigenvalue weighted by molar-refractivity contribution is 7.98. The van der Waals surface area contributed by atoms with Crippen LogP contribution >= 0.6 is 11.8 Å². The minimum Gasteiger partial charge on any atom is -0.497 e. The number of nitro benzene ring substituents is 1. The van der Waals surface area contributed by atoms with E-state index in [1.165, 1.54) is 23.9 Å². The Morgan fingerprint density at radius 1 is 1.16 bits per heavy atom. The van der Waals surface area contributed by atoms with E-state index in [-0.39, 0.29) is 22.9 Å². The van der Waals surface area contributed by atoms with Crippen molar-refractivity contribution in [2.45, 2.75) is 64.4 Å². The number of ether oxygens (including phenoxy) is 1. The van der Waals surface area contributed by atoms with E-state index in [0.717, 1.165) is 17.7 Å². The third-order valence-corrected chi connectivity index (χ3v) is 6.74. The zero-order valence-corrected chi connectivity index (χ0v) is 23.0. The largest absolute Gasteiger partial charge is 0.497 e. The molecule has 1 aromatic heterocycles. The molecule has 0 radical (unpaired) electrons. The number of thioether (sulfide) groups is 1. The zero-order valence-electron chi connectivity index (χ0n) is 22.2. The van der Waals surface area contributed by atoms with Gasteiger partial charge < -0.3 is 10.1 Å². The van der Waals surface area contributed by atoms with E-state index >= 15 is 0 Å². The monoisotopic (exact) mass is 525 g/mol. The standard InChI is InChI=1S/C27H35N5O4S/c1-18(16-27(3,4)5)14-24(33)28-19(2)25-29-30-26(37-17-20-8-7-9-23(15-20)36-6)31(25)21-10-12-22(13-11-21)32(34)35/h7-13,15,18-19H,14,16-17H2,1-6H3,(H,28,33). The predicted molar refractivity (Wildman–Crippen MR) is 145 cm³/mol. The van der Waals surface area contributed by atoms with Crippen molar-refractivity contribution in [3.05, 3.63) is 70.0 Å². The van der Waals surface area contributed by atoms with E-state index in [0.29, 0.717) is 28.8 Å². The number of nitrogens with one attached hydrogen (secondary N) is 1. The first-order chi connectivity index (χ1) is 17.5. The SMILES string of the molecule is COc1cccc(CSc2nnc(C(C)NC(=O)CC(C)CC(C)(C)C)n2-c2ccc([N+](=O)[O-])cc2)c1. The Morgan fingerprint density at radius 3 is 2.49 bits per heavy atom. The number of rotatable bonds is 11. The van der Waals surface area contributed by atoms with Crippen LogP contribution in [-0.4, -0.2) is 32.7 Å². The Hall–Kier alpha value is -3.40. The van der Waals surface area contributed by atoms with Gasteiger partial charge in [-0.3, -0.25) is 19.5 Å². The molecule has 0 saturated carbocycles. The van der Waals surface area contributed by atoms with Crippen LogP contribution in [0, 0.1) is 21.4 Å². The van der Waals surface area contributed by atoms with Gasteiger partial charge in [-0.25, -0.2) is 0 Å². The molecule has 1 heterocycles. The first-order valence-electron chi connectivity index (χ1n) is 12.2.